The molecule has 14 heavy (non-hydrogen) atoms. The van der Waals surface area contributed by atoms with Gasteiger partial charge in [0.2, 0.25) is 0 Å². The molecule has 78 valence electrons. The first-order chi connectivity index (χ1) is 6.68. The summed E-state index contributed by atoms with van der Waals surface area (Å²) in [5.74, 6) is 0.892. The molecule has 0 radical (unpaired) electrons. The van der Waals surface area contributed by atoms with Crippen molar-refractivity contribution in [1.29, 1.82) is 0 Å². The molecule has 0 spiro atoms. The second-order valence-corrected chi connectivity index (χ2v) is 3.59. The SMILES string of the molecule is Cc1cc(OCCNC(C)C)ccn1. The summed E-state index contributed by atoms with van der Waals surface area (Å²) in [6, 6.07) is 4.33. The van der Waals surface area contributed by atoms with Gasteiger partial charge in [-0.3, -0.25) is 4.98 Å². The average Bonchev–Trinajstić information content (AvgIpc) is 2.12. The maximum absolute atomic E-state index is 5.53. The van der Waals surface area contributed by atoms with E-state index in [1.165, 1.54) is 0 Å². The minimum atomic E-state index is 0.512. The smallest absolute Gasteiger partial charge is 0.122 e. The Balaban J connectivity index is 2.25. The van der Waals surface area contributed by atoms with Crippen molar-refractivity contribution < 1.29 is 4.74 Å². The molecule has 0 fully saturated rings. The molecule has 0 aliphatic carbocycles. The number of hydrogen-bond donors (Lipinski definition) is 1. The minimum Gasteiger partial charge on any atom is -0.492 e. The van der Waals surface area contributed by atoms with Gasteiger partial charge in [0, 0.05) is 30.5 Å². The molecule has 1 rings (SSSR count). The molecule has 0 aromatic carbocycles. The number of aromatic nitrogens is 1. The molecule has 0 aliphatic rings. The molecule has 0 saturated carbocycles. The maximum atomic E-state index is 5.53. The molecule has 3 nitrogen and oxygen atoms in total. The van der Waals surface area contributed by atoms with Crippen LogP contribution >= 0.6 is 0 Å². The van der Waals surface area contributed by atoms with Crippen molar-refractivity contribution in [3.8, 4) is 5.75 Å². The van der Waals surface area contributed by atoms with Crippen LogP contribution in [0.3, 0.4) is 0 Å². The van der Waals surface area contributed by atoms with E-state index >= 15 is 0 Å². The van der Waals surface area contributed by atoms with Crippen LogP contribution in [0.4, 0.5) is 0 Å². The van der Waals surface area contributed by atoms with Gasteiger partial charge in [-0.25, -0.2) is 0 Å². The van der Waals surface area contributed by atoms with E-state index < -0.39 is 0 Å². The van der Waals surface area contributed by atoms with E-state index in [9.17, 15) is 0 Å². The fourth-order valence-electron chi connectivity index (χ4n) is 1.13. The van der Waals surface area contributed by atoms with Crippen LogP contribution in [0.2, 0.25) is 0 Å². The largest absolute Gasteiger partial charge is 0.492 e. The van der Waals surface area contributed by atoms with Gasteiger partial charge < -0.3 is 10.1 Å². The van der Waals surface area contributed by atoms with Gasteiger partial charge >= 0.3 is 0 Å². The fourth-order valence-corrected chi connectivity index (χ4v) is 1.13. The molecule has 1 heterocycles. The van der Waals surface area contributed by atoms with Crippen LogP contribution in [-0.4, -0.2) is 24.2 Å². The van der Waals surface area contributed by atoms with E-state index in [0.29, 0.717) is 12.6 Å². The Morgan fingerprint density at radius 1 is 1.50 bits per heavy atom. The molecule has 1 aromatic heterocycles. The van der Waals surface area contributed by atoms with Gasteiger partial charge in [-0.1, -0.05) is 13.8 Å². The number of nitrogens with one attached hydrogen (secondary N) is 1. The van der Waals surface area contributed by atoms with Crippen LogP contribution in [0, 0.1) is 6.92 Å². The number of hydrogen-bond acceptors (Lipinski definition) is 3. The lowest BCUT2D eigenvalue weighted by Crippen LogP contribution is -2.27. The minimum absolute atomic E-state index is 0.512. The Bertz CT molecular complexity index is 274. The Kier molecular flexibility index (Phi) is 4.40. The zero-order valence-corrected chi connectivity index (χ0v) is 9.08. The Morgan fingerprint density at radius 2 is 2.29 bits per heavy atom. The third-order valence-corrected chi connectivity index (χ3v) is 1.79. The third kappa shape index (κ3) is 4.23. The fraction of sp³-hybridized carbons (Fsp3) is 0.545. The van der Waals surface area contributed by atoms with Crippen molar-refractivity contribution in [2.24, 2.45) is 0 Å². The van der Waals surface area contributed by atoms with Gasteiger partial charge in [0.25, 0.3) is 0 Å². The summed E-state index contributed by atoms with van der Waals surface area (Å²) in [7, 11) is 0. The zero-order chi connectivity index (χ0) is 10.4. The Hall–Kier alpha value is -1.09. The van der Waals surface area contributed by atoms with Crippen molar-refractivity contribution in [1.82, 2.24) is 10.3 Å². The van der Waals surface area contributed by atoms with Crippen molar-refractivity contribution in [2.75, 3.05) is 13.2 Å². The summed E-state index contributed by atoms with van der Waals surface area (Å²) < 4.78 is 5.53. The van der Waals surface area contributed by atoms with E-state index in [1.54, 1.807) is 6.20 Å². The number of ether oxygens (including phenoxy) is 1. The topological polar surface area (TPSA) is 34.1 Å². The van der Waals surface area contributed by atoms with Crippen LogP contribution in [0.15, 0.2) is 18.3 Å². The molecular formula is C11H18N2O. The van der Waals surface area contributed by atoms with E-state index in [4.69, 9.17) is 4.74 Å². The zero-order valence-electron chi connectivity index (χ0n) is 9.08. The molecule has 1 aromatic rings. The van der Waals surface area contributed by atoms with Gasteiger partial charge in [-0.2, -0.15) is 0 Å². The summed E-state index contributed by atoms with van der Waals surface area (Å²) in [5.41, 5.74) is 0.985. The van der Waals surface area contributed by atoms with Crippen LogP contribution in [-0.2, 0) is 0 Å². The summed E-state index contributed by atoms with van der Waals surface area (Å²) in [5, 5.41) is 3.29. The summed E-state index contributed by atoms with van der Waals surface area (Å²) in [6.07, 6.45) is 1.76. The van der Waals surface area contributed by atoms with E-state index in [2.05, 4.69) is 24.1 Å². The van der Waals surface area contributed by atoms with Crippen molar-refractivity contribution in [2.45, 2.75) is 26.8 Å². The lowest BCUT2D eigenvalue weighted by atomic mass is 10.3. The molecule has 0 unspecified atom stereocenters. The van der Waals surface area contributed by atoms with E-state index in [0.717, 1.165) is 18.0 Å². The summed E-state index contributed by atoms with van der Waals surface area (Å²) in [4.78, 5) is 4.10. The van der Waals surface area contributed by atoms with E-state index in [-0.39, 0.29) is 0 Å². The van der Waals surface area contributed by atoms with Crippen LogP contribution in [0.5, 0.6) is 5.75 Å². The lowest BCUT2D eigenvalue weighted by Gasteiger charge is -2.09. The molecule has 0 saturated heterocycles. The monoisotopic (exact) mass is 194 g/mol. The predicted octanol–water partition coefficient (Wildman–Crippen LogP) is 1.77. The first-order valence-electron chi connectivity index (χ1n) is 4.97. The van der Waals surface area contributed by atoms with Crippen LogP contribution < -0.4 is 10.1 Å². The quantitative estimate of drug-likeness (QED) is 0.725. The maximum Gasteiger partial charge on any atom is 0.122 e. The lowest BCUT2D eigenvalue weighted by molar-refractivity contribution is 0.308. The molecular weight excluding hydrogens is 176 g/mol. The number of nitrogens with zero attached hydrogens (tertiary/aromatic N) is 1. The van der Waals surface area contributed by atoms with Gasteiger partial charge in [0.15, 0.2) is 0 Å². The molecule has 0 aliphatic heterocycles. The molecule has 0 bridgehead atoms. The highest BCUT2D eigenvalue weighted by atomic mass is 16.5. The number of rotatable bonds is 5. The number of aryl methyl sites for hydroxylation is 1. The van der Waals surface area contributed by atoms with Crippen LogP contribution in [0.25, 0.3) is 0 Å². The van der Waals surface area contributed by atoms with Gasteiger partial charge in [0.05, 0.1) is 0 Å². The van der Waals surface area contributed by atoms with Gasteiger partial charge in [0.1, 0.15) is 12.4 Å². The van der Waals surface area contributed by atoms with Crippen molar-refractivity contribution in [3.05, 3.63) is 24.0 Å². The highest BCUT2D eigenvalue weighted by Gasteiger charge is 1.95. The number of pyridine rings is 1. The van der Waals surface area contributed by atoms with E-state index in [1.807, 2.05) is 19.1 Å². The summed E-state index contributed by atoms with van der Waals surface area (Å²) >= 11 is 0. The van der Waals surface area contributed by atoms with Crippen LogP contribution in [0.1, 0.15) is 19.5 Å². The normalized spacial score (nSPS) is 10.6. The van der Waals surface area contributed by atoms with Crippen molar-refractivity contribution >= 4 is 0 Å². The summed E-state index contributed by atoms with van der Waals surface area (Å²) in [6.45, 7) is 7.77. The Morgan fingerprint density at radius 3 is 2.93 bits per heavy atom. The third-order valence-electron chi connectivity index (χ3n) is 1.79. The van der Waals surface area contributed by atoms with Gasteiger partial charge in [-0.15, -0.1) is 0 Å². The first-order valence-corrected chi connectivity index (χ1v) is 4.97. The second kappa shape index (κ2) is 5.60. The van der Waals surface area contributed by atoms with Crippen molar-refractivity contribution in [3.63, 3.8) is 0 Å². The second-order valence-electron chi connectivity index (χ2n) is 3.59. The first kappa shape index (κ1) is 11.0. The molecule has 0 atom stereocenters. The predicted molar refractivity (Wildman–Crippen MR) is 57.6 cm³/mol. The van der Waals surface area contributed by atoms with Gasteiger partial charge in [-0.05, 0) is 13.0 Å². The highest BCUT2D eigenvalue weighted by Crippen LogP contribution is 2.09. The molecule has 3 heteroatoms. The average molecular weight is 194 g/mol. The standard InChI is InChI=1S/C11H18N2O/c1-9(2)12-6-7-14-11-4-5-13-10(3)8-11/h4-5,8-9,12H,6-7H2,1-3H3. The Labute approximate surface area is 85.5 Å². The molecule has 0 amide bonds. The molecule has 1 N–H and O–H groups in total. The highest BCUT2D eigenvalue weighted by molar-refractivity contribution is 5.21.